The van der Waals surface area contributed by atoms with Gasteiger partial charge in [0.25, 0.3) is 0 Å². The van der Waals surface area contributed by atoms with Gasteiger partial charge in [0.15, 0.2) is 0 Å². The fraction of sp³-hybridized carbons (Fsp3) is 0.611. The van der Waals surface area contributed by atoms with Crippen LogP contribution in [0.4, 0.5) is 0 Å². The molecule has 4 nitrogen and oxygen atoms in total. The molecule has 0 radical (unpaired) electrons. The number of hydrogen-bond acceptors (Lipinski definition) is 3. The van der Waals surface area contributed by atoms with Crippen LogP contribution in [-0.4, -0.2) is 55.6 Å². The van der Waals surface area contributed by atoms with E-state index in [1.807, 2.05) is 11.9 Å². The maximum absolute atomic E-state index is 12.2. The number of ether oxygens (including phenoxy) is 1. The Balaban J connectivity index is 1.85. The van der Waals surface area contributed by atoms with Gasteiger partial charge in [-0.3, -0.25) is 9.69 Å². The van der Waals surface area contributed by atoms with Gasteiger partial charge in [-0.05, 0) is 17.9 Å². The Labute approximate surface area is 134 Å². The summed E-state index contributed by atoms with van der Waals surface area (Å²) in [5.74, 6) is 0.684. The van der Waals surface area contributed by atoms with Crippen molar-refractivity contribution in [1.82, 2.24) is 9.80 Å². The molecule has 1 saturated heterocycles. The number of benzene rings is 1. The van der Waals surface area contributed by atoms with Gasteiger partial charge in [0, 0.05) is 39.8 Å². The second-order valence-corrected chi connectivity index (χ2v) is 6.30. The molecule has 122 valence electrons. The first kappa shape index (κ1) is 17.0. The zero-order chi connectivity index (χ0) is 15.9. The molecule has 1 aliphatic rings. The highest BCUT2D eigenvalue weighted by Gasteiger charge is 2.30. The molecule has 2 unspecified atom stereocenters. The van der Waals surface area contributed by atoms with E-state index in [2.05, 4.69) is 42.2 Å². The van der Waals surface area contributed by atoms with Crippen LogP contribution in [0.2, 0.25) is 0 Å². The molecule has 0 aliphatic carbocycles. The third kappa shape index (κ3) is 4.55. The van der Waals surface area contributed by atoms with Crippen LogP contribution in [0.3, 0.4) is 0 Å². The summed E-state index contributed by atoms with van der Waals surface area (Å²) in [4.78, 5) is 16.6. The maximum Gasteiger partial charge on any atom is 0.224 e. The van der Waals surface area contributed by atoms with Gasteiger partial charge in [-0.2, -0.15) is 0 Å². The lowest BCUT2D eigenvalue weighted by molar-refractivity contribution is -0.135. The molecule has 0 bridgehead atoms. The van der Waals surface area contributed by atoms with Crippen LogP contribution < -0.4 is 0 Å². The third-order valence-electron chi connectivity index (χ3n) is 4.60. The molecule has 1 aromatic rings. The second-order valence-electron chi connectivity index (χ2n) is 6.30. The summed E-state index contributed by atoms with van der Waals surface area (Å²) in [7, 11) is 3.57. The van der Waals surface area contributed by atoms with Crippen LogP contribution in [0, 0.1) is 5.92 Å². The summed E-state index contributed by atoms with van der Waals surface area (Å²) in [6.07, 6.45) is 1.52. The lowest BCUT2D eigenvalue weighted by Crippen LogP contribution is -2.50. The summed E-state index contributed by atoms with van der Waals surface area (Å²) in [5.41, 5.74) is 1.36. The van der Waals surface area contributed by atoms with Crippen molar-refractivity contribution in [3.63, 3.8) is 0 Å². The fourth-order valence-electron chi connectivity index (χ4n) is 3.33. The Bertz CT molecular complexity index is 463. The number of methoxy groups -OCH3 is 1. The number of nitrogens with zero attached hydrogens (tertiary/aromatic N) is 2. The van der Waals surface area contributed by atoms with Crippen LogP contribution in [0.25, 0.3) is 0 Å². The van der Waals surface area contributed by atoms with Gasteiger partial charge in [-0.15, -0.1) is 0 Å². The second kappa shape index (κ2) is 8.30. The quantitative estimate of drug-likeness (QED) is 0.809. The van der Waals surface area contributed by atoms with E-state index in [1.54, 1.807) is 7.11 Å². The highest BCUT2D eigenvalue weighted by atomic mass is 16.5. The van der Waals surface area contributed by atoms with Crippen molar-refractivity contribution in [2.24, 2.45) is 5.92 Å². The van der Waals surface area contributed by atoms with Crippen molar-refractivity contribution < 1.29 is 9.53 Å². The van der Waals surface area contributed by atoms with Crippen LogP contribution >= 0.6 is 0 Å². The molecule has 1 aromatic carbocycles. The summed E-state index contributed by atoms with van der Waals surface area (Å²) >= 11 is 0. The molecule has 4 heteroatoms. The highest BCUT2D eigenvalue weighted by Crippen LogP contribution is 2.23. The smallest absolute Gasteiger partial charge is 0.224 e. The zero-order valence-electron chi connectivity index (χ0n) is 14.0. The third-order valence-corrected chi connectivity index (χ3v) is 4.60. The zero-order valence-corrected chi connectivity index (χ0v) is 14.0. The lowest BCUT2D eigenvalue weighted by Gasteiger charge is -2.41. The van der Waals surface area contributed by atoms with Gasteiger partial charge in [0.2, 0.25) is 5.91 Å². The van der Waals surface area contributed by atoms with Crippen LogP contribution in [0.1, 0.15) is 25.3 Å². The molecule has 2 atom stereocenters. The van der Waals surface area contributed by atoms with E-state index >= 15 is 0 Å². The van der Waals surface area contributed by atoms with Crippen molar-refractivity contribution in [3.05, 3.63) is 35.9 Å². The molecule has 1 amide bonds. The Morgan fingerprint density at radius 1 is 1.36 bits per heavy atom. The minimum Gasteiger partial charge on any atom is -0.384 e. The van der Waals surface area contributed by atoms with E-state index in [9.17, 15) is 4.79 Å². The normalized spacial score (nSPS) is 22.5. The van der Waals surface area contributed by atoms with Gasteiger partial charge in [0.1, 0.15) is 0 Å². The molecule has 1 fully saturated rings. The van der Waals surface area contributed by atoms with E-state index < -0.39 is 0 Å². The number of likely N-dealkylation sites (tertiary alicyclic amines) is 1. The molecule has 1 heterocycles. The molecule has 2 rings (SSSR count). The monoisotopic (exact) mass is 304 g/mol. The molecule has 0 saturated carbocycles. The number of carbonyl (C=O) groups is 1. The minimum atomic E-state index is 0.190. The summed E-state index contributed by atoms with van der Waals surface area (Å²) in [5, 5.41) is 0. The van der Waals surface area contributed by atoms with E-state index in [1.165, 1.54) is 5.56 Å². The average Bonchev–Trinajstić information content (AvgIpc) is 2.53. The number of carbonyl (C=O) groups excluding carboxylic acids is 1. The largest absolute Gasteiger partial charge is 0.384 e. The van der Waals surface area contributed by atoms with Crippen LogP contribution in [-0.2, 0) is 16.1 Å². The predicted molar refractivity (Wildman–Crippen MR) is 88.6 cm³/mol. The molecular weight excluding hydrogens is 276 g/mol. The standard InChI is InChI=1S/C18H28N2O2/c1-15-13-20(14-16-7-5-4-6-8-16)11-9-17(15)19(2)18(21)10-12-22-3/h4-8,15,17H,9-14H2,1-3H3. The highest BCUT2D eigenvalue weighted by molar-refractivity contribution is 5.76. The van der Waals surface area contributed by atoms with Gasteiger partial charge in [-0.1, -0.05) is 37.3 Å². The predicted octanol–water partition coefficient (Wildman–Crippen LogP) is 2.39. The summed E-state index contributed by atoms with van der Waals surface area (Å²) in [6.45, 7) is 5.85. The Kier molecular flexibility index (Phi) is 6.40. The van der Waals surface area contributed by atoms with Gasteiger partial charge in [-0.25, -0.2) is 0 Å². The number of hydrogen-bond donors (Lipinski definition) is 0. The molecule has 1 aliphatic heterocycles. The molecule has 0 spiro atoms. The topological polar surface area (TPSA) is 32.8 Å². The van der Waals surface area contributed by atoms with Crippen molar-refractivity contribution in [2.45, 2.75) is 32.4 Å². The van der Waals surface area contributed by atoms with Gasteiger partial charge in [0.05, 0.1) is 13.0 Å². The van der Waals surface area contributed by atoms with Crippen molar-refractivity contribution in [2.75, 3.05) is 33.9 Å². The van der Waals surface area contributed by atoms with Gasteiger partial charge < -0.3 is 9.64 Å². The van der Waals surface area contributed by atoms with E-state index in [0.717, 1.165) is 26.1 Å². The minimum absolute atomic E-state index is 0.190. The van der Waals surface area contributed by atoms with Crippen LogP contribution in [0.5, 0.6) is 0 Å². The number of amides is 1. The Hall–Kier alpha value is -1.39. The van der Waals surface area contributed by atoms with Gasteiger partial charge >= 0.3 is 0 Å². The van der Waals surface area contributed by atoms with Crippen molar-refractivity contribution in [3.8, 4) is 0 Å². The van der Waals surface area contributed by atoms with Crippen molar-refractivity contribution in [1.29, 1.82) is 0 Å². The summed E-state index contributed by atoms with van der Waals surface area (Å²) < 4.78 is 5.00. The first-order valence-electron chi connectivity index (χ1n) is 8.12. The summed E-state index contributed by atoms with van der Waals surface area (Å²) in [6, 6.07) is 10.9. The SMILES string of the molecule is COCCC(=O)N(C)C1CCN(Cc2ccccc2)CC1C. The Morgan fingerprint density at radius 2 is 2.09 bits per heavy atom. The fourth-order valence-corrected chi connectivity index (χ4v) is 3.33. The van der Waals surface area contributed by atoms with Crippen molar-refractivity contribution >= 4 is 5.91 Å². The maximum atomic E-state index is 12.2. The molecule has 0 aromatic heterocycles. The number of piperidine rings is 1. The lowest BCUT2D eigenvalue weighted by atomic mass is 9.92. The average molecular weight is 304 g/mol. The van der Waals surface area contributed by atoms with Crippen LogP contribution in [0.15, 0.2) is 30.3 Å². The number of rotatable bonds is 6. The first-order chi connectivity index (χ1) is 10.6. The molecule has 22 heavy (non-hydrogen) atoms. The van der Waals surface area contributed by atoms with E-state index in [0.29, 0.717) is 25.0 Å². The van der Waals surface area contributed by atoms with E-state index in [-0.39, 0.29) is 5.91 Å². The molecular formula is C18H28N2O2. The first-order valence-corrected chi connectivity index (χ1v) is 8.12. The molecule has 0 N–H and O–H groups in total. The Morgan fingerprint density at radius 3 is 2.73 bits per heavy atom. The van der Waals surface area contributed by atoms with E-state index in [4.69, 9.17) is 4.74 Å².